The van der Waals surface area contributed by atoms with E-state index < -0.39 is 0 Å². The zero-order valence-corrected chi connectivity index (χ0v) is 19.6. The lowest BCUT2D eigenvalue weighted by Gasteiger charge is -2.10. The maximum atomic E-state index is 4.88. The molecule has 0 unspecified atom stereocenters. The summed E-state index contributed by atoms with van der Waals surface area (Å²) < 4.78 is 3.03. The Morgan fingerprint density at radius 2 is 1.72 bits per heavy atom. The van der Waals surface area contributed by atoms with E-state index in [-0.39, 0.29) is 0 Å². The molecule has 4 rings (SSSR count). The van der Waals surface area contributed by atoms with Gasteiger partial charge < -0.3 is 9.88 Å². The minimum atomic E-state index is 0.911. The highest BCUT2D eigenvalue weighted by Crippen LogP contribution is 2.35. The molecule has 4 nitrogen and oxygen atoms in total. The maximum absolute atomic E-state index is 4.88. The number of aryl methyl sites for hydroxylation is 5. The second-order valence-corrected chi connectivity index (χ2v) is 9.45. The average Bonchev–Trinajstić information content (AvgIpc) is 3.25. The molecule has 0 saturated heterocycles. The van der Waals surface area contributed by atoms with Crippen molar-refractivity contribution in [1.29, 1.82) is 0 Å². The van der Waals surface area contributed by atoms with Crippen LogP contribution in [0.1, 0.15) is 27.3 Å². The molecule has 2 aromatic heterocycles. The Morgan fingerprint density at radius 1 is 0.966 bits per heavy atom. The summed E-state index contributed by atoms with van der Waals surface area (Å²) in [6, 6.07) is 10.7. The van der Waals surface area contributed by atoms with Gasteiger partial charge in [0.2, 0.25) is 0 Å². The van der Waals surface area contributed by atoms with Crippen LogP contribution in [0, 0.1) is 34.6 Å². The second kappa shape index (κ2) is 7.76. The third kappa shape index (κ3) is 4.00. The fourth-order valence-electron chi connectivity index (χ4n) is 3.34. The standard InChI is InChI=1S/C23H23BrN4S/c1-13-8-15(3)20(9-14(13)2)26-23-27-22(17(5)29-23)18-6-7-21(19(24)10-18)28-11-16(4)25-12-28/h6-12H,1-5H3,(H,26,27). The Morgan fingerprint density at radius 3 is 2.41 bits per heavy atom. The van der Waals surface area contributed by atoms with E-state index in [0.29, 0.717) is 0 Å². The molecule has 0 fully saturated rings. The molecule has 2 heterocycles. The van der Waals surface area contributed by atoms with Crippen molar-refractivity contribution < 1.29 is 0 Å². The van der Waals surface area contributed by atoms with Crippen molar-refractivity contribution in [2.24, 2.45) is 0 Å². The fourth-order valence-corrected chi connectivity index (χ4v) is 4.78. The first-order valence-corrected chi connectivity index (χ1v) is 11.1. The van der Waals surface area contributed by atoms with Gasteiger partial charge in [0.1, 0.15) is 0 Å². The molecule has 0 atom stereocenters. The minimum absolute atomic E-state index is 0.911. The van der Waals surface area contributed by atoms with Crippen LogP contribution in [0.2, 0.25) is 0 Å². The van der Waals surface area contributed by atoms with Crippen molar-refractivity contribution in [2.75, 3.05) is 5.32 Å². The molecule has 0 amide bonds. The van der Waals surface area contributed by atoms with E-state index in [1.54, 1.807) is 11.3 Å². The van der Waals surface area contributed by atoms with Crippen molar-refractivity contribution in [3.05, 3.63) is 74.6 Å². The van der Waals surface area contributed by atoms with Gasteiger partial charge in [0, 0.05) is 26.8 Å². The predicted octanol–water partition coefficient (Wildman–Crippen LogP) is 7.04. The van der Waals surface area contributed by atoms with Gasteiger partial charge in [-0.2, -0.15) is 0 Å². The minimum Gasteiger partial charge on any atom is -0.331 e. The highest BCUT2D eigenvalue weighted by molar-refractivity contribution is 9.10. The van der Waals surface area contributed by atoms with Crippen LogP contribution >= 0.6 is 27.3 Å². The molecule has 2 aromatic carbocycles. The van der Waals surface area contributed by atoms with Crippen molar-refractivity contribution in [1.82, 2.24) is 14.5 Å². The van der Waals surface area contributed by atoms with Crippen molar-refractivity contribution in [3.8, 4) is 16.9 Å². The monoisotopic (exact) mass is 466 g/mol. The van der Waals surface area contributed by atoms with Gasteiger partial charge in [0.05, 0.1) is 23.4 Å². The number of nitrogens with zero attached hydrogens (tertiary/aromatic N) is 3. The van der Waals surface area contributed by atoms with E-state index in [9.17, 15) is 0 Å². The van der Waals surface area contributed by atoms with E-state index >= 15 is 0 Å². The van der Waals surface area contributed by atoms with E-state index in [4.69, 9.17) is 4.98 Å². The number of nitrogens with one attached hydrogen (secondary N) is 1. The van der Waals surface area contributed by atoms with Gasteiger partial charge in [-0.3, -0.25) is 0 Å². The fraction of sp³-hybridized carbons (Fsp3) is 0.217. The highest BCUT2D eigenvalue weighted by Gasteiger charge is 2.13. The number of benzene rings is 2. The van der Waals surface area contributed by atoms with Gasteiger partial charge in [0.25, 0.3) is 0 Å². The lowest BCUT2D eigenvalue weighted by atomic mass is 10.1. The quantitative estimate of drug-likeness (QED) is 0.350. The molecule has 0 saturated carbocycles. The predicted molar refractivity (Wildman–Crippen MR) is 126 cm³/mol. The Bertz CT molecular complexity index is 1210. The van der Waals surface area contributed by atoms with Crippen molar-refractivity contribution in [2.45, 2.75) is 34.6 Å². The number of anilines is 2. The van der Waals surface area contributed by atoms with Gasteiger partial charge in [-0.15, -0.1) is 11.3 Å². The van der Waals surface area contributed by atoms with Crippen LogP contribution < -0.4 is 5.32 Å². The summed E-state index contributed by atoms with van der Waals surface area (Å²) in [5.74, 6) is 0. The molecule has 29 heavy (non-hydrogen) atoms. The number of hydrogen-bond acceptors (Lipinski definition) is 4. The molecule has 148 valence electrons. The molecule has 4 aromatic rings. The highest BCUT2D eigenvalue weighted by atomic mass is 79.9. The molecular formula is C23H23BrN4S. The van der Waals surface area contributed by atoms with Gasteiger partial charge in [-0.25, -0.2) is 9.97 Å². The van der Waals surface area contributed by atoms with Crippen LogP contribution in [0.5, 0.6) is 0 Å². The van der Waals surface area contributed by atoms with Crippen LogP contribution in [-0.4, -0.2) is 14.5 Å². The van der Waals surface area contributed by atoms with Gasteiger partial charge >= 0.3 is 0 Å². The Kier molecular flexibility index (Phi) is 5.32. The van der Waals surface area contributed by atoms with Gasteiger partial charge in [0.15, 0.2) is 5.13 Å². The SMILES string of the molecule is Cc1cn(-c2ccc(-c3nc(Nc4cc(C)c(C)cc4C)sc3C)cc2Br)cn1. The van der Waals surface area contributed by atoms with E-state index in [2.05, 4.69) is 84.3 Å². The molecule has 0 radical (unpaired) electrons. The van der Waals surface area contributed by atoms with E-state index in [1.165, 1.54) is 21.6 Å². The first-order valence-electron chi connectivity index (χ1n) is 9.45. The first-order chi connectivity index (χ1) is 13.8. The zero-order chi connectivity index (χ0) is 20.7. The topological polar surface area (TPSA) is 42.7 Å². The molecular weight excluding hydrogens is 444 g/mol. The summed E-state index contributed by atoms with van der Waals surface area (Å²) in [6.45, 7) is 10.5. The number of halogens is 1. The van der Waals surface area contributed by atoms with E-state index in [1.807, 2.05) is 24.0 Å². The lowest BCUT2D eigenvalue weighted by Crippen LogP contribution is -1.95. The number of thiazole rings is 1. The average molecular weight is 467 g/mol. The number of rotatable bonds is 4. The van der Waals surface area contributed by atoms with Crippen LogP contribution in [0.25, 0.3) is 16.9 Å². The number of hydrogen-bond donors (Lipinski definition) is 1. The van der Waals surface area contributed by atoms with Gasteiger partial charge in [-0.05, 0) is 85.4 Å². The molecule has 6 heteroatoms. The molecule has 0 bridgehead atoms. The summed E-state index contributed by atoms with van der Waals surface area (Å²) in [6.07, 6.45) is 3.85. The Balaban J connectivity index is 1.64. The van der Waals surface area contributed by atoms with Crippen LogP contribution in [-0.2, 0) is 0 Å². The summed E-state index contributed by atoms with van der Waals surface area (Å²) >= 11 is 5.39. The molecule has 0 aliphatic carbocycles. The second-order valence-electron chi connectivity index (χ2n) is 7.39. The first kappa shape index (κ1) is 19.9. The van der Waals surface area contributed by atoms with Crippen molar-refractivity contribution >= 4 is 38.1 Å². The summed E-state index contributed by atoms with van der Waals surface area (Å²) in [5, 5.41) is 4.42. The zero-order valence-electron chi connectivity index (χ0n) is 17.2. The van der Waals surface area contributed by atoms with Gasteiger partial charge in [-0.1, -0.05) is 12.1 Å². The lowest BCUT2D eigenvalue weighted by molar-refractivity contribution is 1.05. The van der Waals surface area contributed by atoms with Crippen LogP contribution in [0.15, 0.2) is 47.3 Å². The van der Waals surface area contributed by atoms with Crippen LogP contribution in [0.4, 0.5) is 10.8 Å². The summed E-state index contributed by atoms with van der Waals surface area (Å²) in [5.41, 5.74) is 9.08. The Hall–Kier alpha value is -2.44. The number of imidazole rings is 1. The maximum Gasteiger partial charge on any atom is 0.187 e. The molecule has 0 aliphatic rings. The van der Waals surface area contributed by atoms with Crippen molar-refractivity contribution in [3.63, 3.8) is 0 Å². The summed E-state index contributed by atoms with van der Waals surface area (Å²) in [4.78, 5) is 10.4. The van der Waals surface area contributed by atoms with Crippen LogP contribution in [0.3, 0.4) is 0 Å². The third-order valence-electron chi connectivity index (χ3n) is 5.09. The number of aromatic nitrogens is 3. The molecule has 0 aliphatic heterocycles. The van der Waals surface area contributed by atoms with E-state index in [0.717, 1.165) is 37.9 Å². The Labute approximate surface area is 183 Å². The molecule has 1 N–H and O–H groups in total. The smallest absolute Gasteiger partial charge is 0.187 e. The third-order valence-corrected chi connectivity index (χ3v) is 6.61. The summed E-state index contributed by atoms with van der Waals surface area (Å²) in [7, 11) is 0. The molecule has 0 spiro atoms. The largest absolute Gasteiger partial charge is 0.331 e. The normalized spacial score (nSPS) is 11.1.